The lowest BCUT2D eigenvalue weighted by molar-refractivity contribution is -0.148. The molecule has 0 saturated heterocycles. The van der Waals surface area contributed by atoms with Crippen molar-refractivity contribution in [2.24, 2.45) is 11.3 Å². The van der Waals surface area contributed by atoms with Gasteiger partial charge in [-0.25, -0.2) is 0 Å². The Hall–Kier alpha value is -1.51. The van der Waals surface area contributed by atoms with E-state index in [1.54, 1.807) is 0 Å². The van der Waals surface area contributed by atoms with E-state index in [1.165, 1.54) is 0 Å². The number of carbonyl (C=O) groups is 1. The van der Waals surface area contributed by atoms with E-state index in [0.29, 0.717) is 6.61 Å². The summed E-state index contributed by atoms with van der Waals surface area (Å²) in [4.78, 5) is 11.5. The average molecular weight is 277 g/mol. The predicted octanol–water partition coefficient (Wildman–Crippen LogP) is 4.15. The van der Waals surface area contributed by atoms with Crippen LogP contribution in [0.25, 0.3) is 0 Å². The van der Waals surface area contributed by atoms with Gasteiger partial charge in [0, 0.05) is 12.2 Å². The molecule has 0 aliphatic rings. The summed E-state index contributed by atoms with van der Waals surface area (Å²) in [6, 6.07) is 6.16. The third-order valence-corrected chi connectivity index (χ3v) is 3.01. The number of ether oxygens (including phenoxy) is 1. The Morgan fingerprint density at radius 3 is 2.45 bits per heavy atom. The Kier molecular flexibility index (Phi) is 5.61. The zero-order chi connectivity index (χ0) is 15.3. The van der Waals surface area contributed by atoms with Crippen LogP contribution in [0.5, 0.6) is 0 Å². The van der Waals surface area contributed by atoms with Gasteiger partial charge in [0.2, 0.25) is 0 Å². The lowest BCUT2D eigenvalue weighted by atomic mass is 9.97. The van der Waals surface area contributed by atoms with Crippen LogP contribution in [-0.2, 0) is 16.1 Å². The lowest BCUT2D eigenvalue weighted by Crippen LogP contribution is -2.19. The molecule has 0 unspecified atom stereocenters. The molecule has 0 atom stereocenters. The molecule has 0 amide bonds. The molecule has 0 bridgehead atoms. The molecular weight excluding hydrogens is 250 g/mol. The number of hydrogen-bond donors (Lipinski definition) is 1. The molecule has 3 nitrogen and oxygen atoms in total. The number of benzene rings is 1. The molecular formula is C17H27NO2. The molecule has 0 heterocycles. The second kappa shape index (κ2) is 6.78. The number of hydrogen-bond acceptors (Lipinski definition) is 3. The summed E-state index contributed by atoms with van der Waals surface area (Å²) in [5.74, 6) is -0.234. The van der Waals surface area contributed by atoms with E-state index in [1.807, 2.05) is 32.9 Å². The van der Waals surface area contributed by atoms with Gasteiger partial charge in [-0.3, -0.25) is 4.79 Å². The van der Waals surface area contributed by atoms with Crippen molar-refractivity contribution in [3.8, 4) is 0 Å². The maximum absolute atomic E-state index is 11.5. The van der Waals surface area contributed by atoms with Crippen LogP contribution in [0.15, 0.2) is 18.2 Å². The fourth-order valence-electron chi connectivity index (χ4n) is 1.65. The summed E-state index contributed by atoms with van der Waals surface area (Å²) < 4.78 is 5.27. The molecule has 1 aromatic carbocycles. The van der Waals surface area contributed by atoms with Crippen LogP contribution in [0.2, 0.25) is 0 Å². The Bertz CT molecular complexity index is 459. The lowest BCUT2D eigenvalue weighted by Gasteiger charge is -2.20. The van der Waals surface area contributed by atoms with E-state index >= 15 is 0 Å². The first kappa shape index (κ1) is 16.5. The van der Waals surface area contributed by atoms with Gasteiger partial charge in [0.05, 0.1) is 5.92 Å². The summed E-state index contributed by atoms with van der Waals surface area (Å²) in [7, 11) is 0. The van der Waals surface area contributed by atoms with Gasteiger partial charge in [0.25, 0.3) is 0 Å². The second-order valence-electron chi connectivity index (χ2n) is 6.82. The molecule has 0 aliphatic heterocycles. The highest BCUT2D eigenvalue weighted by Crippen LogP contribution is 2.19. The SMILES string of the molecule is Cc1cc(NCC(C)(C)C)ccc1COC(=O)C(C)C. The minimum absolute atomic E-state index is 0.0805. The third-order valence-electron chi connectivity index (χ3n) is 3.01. The first-order chi connectivity index (χ1) is 9.19. The Morgan fingerprint density at radius 2 is 1.95 bits per heavy atom. The molecule has 0 aromatic heterocycles. The molecule has 112 valence electrons. The van der Waals surface area contributed by atoms with Crippen molar-refractivity contribution in [2.75, 3.05) is 11.9 Å². The Morgan fingerprint density at radius 1 is 1.30 bits per heavy atom. The maximum Gasteiger partial charge on any atom is 0.308 e. The molecule has 0 aliphatic carbocycles. The molecule has 0 saturated carbocycles. The Labute approximate surface area is 122 Å². The first-order valence-corrected chi connectivity index (χ1v) is 7.19. The van der Waals surface area contributed by atoms with Crippen LogP contribution < -0.4 is 5.32 Å². The highest BCUT2D eigenvalue weighted by atomic mass is 16.5. The molecule has 20 heavy (non-hydrogen) atoms. The van der Waals surface area contributed by atoms with Gasteiger partial charge in [-0.05, 0) is 35.6 Å². The zero-order valence-electron chi connectivity index (χ0n) is 13.5. The topological polar surface area (TPSA) is 38.3 Å². The van der Waals surface area contributed by atoms with Crippen molar-refractivity contribution in [1.82, 2.24) is 0 Å². The highest BCUT2D eigenvalue weighted by molar-refractivity contribution is 5.71. The number of anilines is 1. The van der Waals surface area contributed by atoms with E-state index in [9.17, 15) is 4.79 Å². The molecule has 1 rings (SSSR count). The molecule has 3 heteroatoms. The number of aryl methyl sites for hydroxylation is 1. The fourth-order valence-corrected chi connectivity index (χ4v) is 1.65. The van der Waals surface area contributed by atoms with E-state index in [-0.39, 0.29) is 17.3 Å². The van der Waals surface area contributed by atoms with Crippen molar-refractivity contribution in [2.45, 2.75) is 48.1 Å². The van der Waals surface area contributed by atoms with Crippen LogP contribution in [-0.4, -0.2) is 12.5 Å². The van der Waals surface area contributed by atoms with Crippen LogP contribution in [0.1, 0.15) is 45.7 Å². The second-order valence-corrected chi connectivity index (χ2v) is 6.82. The van der Waals surface area contributed by atoms with E-state index in [0.717, 1.165) is 23.4 Å². The number of rotatable bonds is 5. The van der Waals surface area contributed by atoms with Crippen molar-refractivity contribution in [1.29, 1.82) is 0 Å². The first-order valence-electron chi connectivity index (χ1n) is 7.19. The quantitative estimate of drug-likeness (QED) is 0.822. The zero-order valence-corrected chi connectivity index (χ0v) is 13.5. The molecule has 0 radical (unpaired) electrons. The summed E-state index contributed by atoms with van der Waals surface area (Å²) in [5.41, 5.74) is 3.55. The summed E-state index contributed by atoms with van der Waals surface area (Å²) in [6.07, 6.45) is 0. The van der Waals surface area contributed by atoms with E-state index in [4.69, 9.17) is 4.74 Å². The van der Waals surface area contributed by atoms with Crippen molar-refractivity contribution >= 4 is 11.7 Å². The average Bonchev–Trinajstić information content (AvgIpc) is 2.33. The van der Waals surface area contributed by atoms with Gasteiger partial charge in [0.15, 0.2) is 0 Å². The largest absolute Gasteiger partial charge is 0.461 e. The molecule has 1 N–H and O–H groups in total. The smallest absolute Gasteiger partial charge is 0.308 e. The standard InChI is InChI=1S/C17H27NO2/c1-12(2)16(19)20-10-14-7-8-15(9-13(14)3)18-11-17(4,5)6/h7-9,12,18H,10-11H2,1-6H3. The van der Waals surface area contributed by atoms with Crippen molar-refractivity contribution in [3.05, 3.63) is 29.3 Å². The Balaban J connectivity index is 2.62. The summed E-state index contributed by atoms with van der Waals surface area (Å²) in [6.45, 7) is 13.6. The van der Waals surface area contributed by atoms with Gasteiger partial charge in [0.1, 0.15) is 6.61 Å². The van der Waals surface area contributed by atoms with E-state index in [2.05, 4.69) is 32.2 Å². The monoisotopic (exact) mass is 277 g/mol. The maximum atomic E-state index is 11.5. The van der Waals surface area contributed by atoms with Crippen molar-refractivity contribution < 1.29 is 9.53 Å². The van der Waals surface area contributed by atoms with Gasteiger partial charge >= 0.3 is 5.97 Å². The van der Waals surface area contributed by atoms with Crippen LogP contribution in [0.4, 0.5) is 5.69 Å². The third kappa shape index (κ3) is 5.64. The van der Waals surface area contributed by atoms with Gasteiger partial charge < -0.3 is 10.1 Å². The fraction of sp³-hybridized carbons (Fsp3) is 0.588. The normalized spacial score (nSPS) is 11.6. The number of carbonyl (C=O) groups excluding carboxylic acids is 1. The highest BCUT2D eigenvalue weighted by Gasteiger charge is 2.11. The number of esters is 1. The molecule has 0 spiro atoms. The van der Waals surface area contributed by atoms with Gasteiger partial charge in [-0.15, -0.1) is 0 Å². The molecule has 1 aromatic rings. The predicted molar refractivity (Wildman–Crippen MR) is 83.8 cm³/mol. The summed E-state index contributed by atoms with van der Waals surface area (Å²) in [5, 5.41) is 3.43. The molecule has 0 fully saturated rings. The van der Waals surface area contributed by atoms with Crippen LogP contribution in [0.3, 0.4) is 0 Å². The minimum Gasteiger partial charge on any atom is -0.461 e. The minimum atomic E-state index is -0.153. The summed E-state index contributed by atoms with van der Waals surface area (Å²) >= 11 is 0. The van der Waals surface area contributed by atoms with Gasteiger partial charge in [-0.1, -0.05) is 40.7 Å². The van der Waals surface area contributed by atoms with Gasteiger partial charge in [-0.2, -0.15) is 0 Å². The van der Waals surface area contributed by atoms with E-state index < -0.39 is 0 Å². The van der Waals surface area contributed by atoms with Crippen molar-refractivity contribution in [3.63, 3.8) is 0 Å². The van der Waals surface area contributed by atoms with Crippen LogP contribution in [0, 0.1) is 18.3 Å². The number of nitrogens with one attached hydrogen (secondary N) is 1. The van der Waals surface area contributed by atoms with Crippen LogP contribution >= 0.6 is 0 Å².